The van der Waals surface area contributed by atoms with Crippen LogP contribution < -0.4 is 16.7 Å². The SMILES string of the molecule is Nc1nc2c(nc(NN=Cc3cccc([N+](=O)[O-])c3)n2[C@@H]2O[C@H](CO)[C@H](O)[C@@H]2O)c(=O)[nH]1. The van der Waals surface area contributed by atoms with Crippen LogP contribution in [0.15, 0.2) is 34.2 Å². The van der Waals surface area contributed by atoms with E-state index in [4.69, 9.17) is 10.5 Å². The van der Waals surface area contributed by atoms with Gasteiger partial charge in [-0.1, -0.05) is 12.1 Å². The van der Waals surface area contributed by atoms with Gasteiger partial charge in [-0.05, 0) is 0 Å². The number of aromatic nitrogens is 4. The second-order valence-corrected chi connectivity index (χ2v) is 6.88. The minimum Gasteiger partial charge on any atom is -0.394 e. The van der Waals surface area contributed by atoms with Crippen LogP contribution in [-0.4, -0.2) is 70.9 Å². The van der Waals surface area contributed by atoms with Gasteiger partial charge >= 0.3 is 0 Å². The highest BCUT2D eigenvalue weighted by molar-refractivity contribution is 5.81. The van der Waals surface area contributed by atoms with Crippen molar-refractivity contribution in [3.63, 3.8) is 0 Å². The zero-order valence-electron chi connectivity index (χ0n) is 16.2. The Balaban J connectivity index is 1.74. The summed E-state index contributed by atoms with van der Waals surface area (Å²) in [6, 6.07) is 5.70. The Labute approximate surface area is 177 Å². The lowest BCUT2D eigenvalue weighted by atomic mass is 10.1. The number of imidazole rings is 1. The van der Waals surface area contributed by atoms with Gasteiger partial charge in [0, 0.05) is 17.7 Å². The highest BCUT2D eigenvalue weighted by atomic mass is 16.6. The van der Waals surface area contributed by atoms with Crippen LogP contribution in [0.1, 0.15) is 11.8 Å². The molecule has 0 aliphatic carbocycles. The lowest BCUT2D eigenvalue weighted by molar-refractivity contribution is -0.384. The quantitative estimate of drug-likeness (QED) is 0.148. The van der Waals surface area contributed by atoms with Crippen molar-refractivity contribution in [1.82, 2.24) is 19.5 Å². The fraction of sp³-hybridized carbons (Fsp3) is 0.294. The minimum atomic E-state index is -1.49. The molecular weight excluding hydrogens is 428 g/mol. The Morgan fingerprint density at radius 1 is 1.38 bits per heavy atom. The highest BCUT2D eigenvalue weighted by Crippen LogP contribution is 2.33. The Morgan fingerprint density at radius 2 is 2.16 bits per heavy atom. The number of aromatic amines is 1. The summed E-state index contributed by atoms with van der Waals surface area (Å²) in [6.45, 7) is -0.564. The fourth-order valence-corrected chi connectivity index (χ4v) is 3.30. The van der Waals surface area contributed by atoms with Crippen molar-refractivity contribution in [3.05, 3.63) is 50.3 Å². The first kappa shape index (κ1) is 21.3. The summed E-state index contributed by atoms with van der Waals surface area (Å²) in [4.78, 5) is 33.1. The number of H-pyrrole nitrogens is 1. The number of fused-ring (bicyclic) bond motifs is 1. The van der Waals surface area contributed by atoms with Gasteiger partial charge in [-0.25, -0.2) is 10.4 Å². The van der Waals surface area contributed by atoms with Crippen LogP contribution in [-0.2, 0) is 4.74 Å². The summed E-state index contributed by atoms with van der Waals surface area (Å²) in [7, 11) is 0. The number of hydrazone groups is 1. The van der Waals surface area contributed by atoms with Gasteiger partial charge in [-0.15, -0.1) is 0 Å². The lowest BCUT2D eigenvalue weighted by Crippen LogP contribution is -2.33. The van der Waals surface area contributed by atoms with E-state index < -0.39 is 41.6 Å². The Kier molecular flexibility index (Phi) is 5.54. The topological polar surface area (TPSA) is 227 Å². The summed E-state index contributed by atoms with van der Waals surface area (Å²) in [5.74, 6) is -0.317. The van der Waals surface area contributed by atoms with Crippen LogP contribution in [0, 0.1) is 10.1 Å². The Hall–Kier alpha value is -3.92. The van der Waals surface area contributed by atoms with Crippen LogP contribution in [0.25, 0.3) is 11.2 Å². The number of benzene rings is 1. The number of nitrogens with one attached hydrogen (secondary N) is 2. The summed E-state index contributed by atoms with van der Waals surface area (Å²) < 4.78 is 6.70. The third-order valence-corrected chi connectivity index (χ3v) is 4.80. The molecule has 168 valence electrons. The number of rotatable bonds is 6. The number of hydrogen-bond donors (Lipinski definition) is 6. The molecule has 0 bridgehead atoms. The van der Waals surface area contributed by atoms with Gasteiger partial charge in [-0.2, -0.15) is 10.1 Å². The zero-order chi connectivity index (χ0) is 23.0. The van der Waals surface area contributed by atoms with Crippen LogP contribution in [0.2, 0.25) is 0 Å². The average Bonchev–Trinajstić information content (AvgIpc) is 3.25. The molecular formula is C17H18N8O7. The standard InChI is InChI=1S/C17H18N8O7/c18-16-21-13-10(14(29)22-16)20-17(24(13)15-12(28)11(27)9(6-26)32-15)23-19-5-7-2-1-3-8(4-7)25(30)31/h1-5,9,11-12,15,26-28H,6H2,(H,20,23)(H3,18,21,22,29)/t9-,11+,12+,15-/m1/s1. The molecule has 4 rings (SSSR count). The molecule has 0 unspecified atom stereocenters. The van der Waals surface area contributed by atoms with E-state index in [0.29, 0.717) is 5.56 Å². The predicted molar refractivity (Wildman–Crippen MR) is 110 cm³/mol. The van der Waals surface area contributed by atoms with Gasteiger partial charge in [0.1, 0.15) is 18.3 Å². The van der Waals surface area contributed by atoms with Crippen LogP contribution >= 0.6 is 0 Å². The van der Waals surface area contributed by atoms with E-state index in [1.54, 1.807) is 6.07 Å². The Morgan fingerprint density at radius 3 is 2.84 bits per heavy atom. The molecule has 1 aliphatic heterocycles. The molecule has 4 atom stereocenters. The van der Waals surface area contributed by atoms with Crippen molar-refractivity contribution in [2.75, 3.05) is 17.8 Å². The molecule has 7 N–H and O–H groups in total. The lowest BCUT2D eigenvalue weighted by Gasteiger charge is -2.18. The van der Waals surface area contributed by atoms with Gasteiger partial charge in [0.05, 0.1) is 17.7 Å². The molecule has 3 aromatic rings. The van der Waals surface area contributed by atoms with Crippen molar-refractivity contribution in [3.8, 4) is 0 Å². The summed E-state index contributed by atoms with van der Waals surface area (Å²) in [5.41, 5.74) is 7.61. The maximum atomic E-state index is 12.3. The van der Waals surface area contributed by atoms with E-state index in [0.717, 1.165) is 0 Å². The maximum absolute atomic E-state index is 12.3. The highest BCUT2D eigenvalue weighted by Gasteiger charge is 2.45. The molecule has 1 aliphatic rings. The van der Waals surface area contributed by atoms with Crippen molar-refractivity contribution in [1.29, 1.82) is 0 Å². The van der Waals surface area contributed by atoms with Crippen molar-refractivity contribution >= 4 is 35.0 Å². The molecule has 0 amide bonds. The first-order valence-electron chi connectivity index (χ1n) is 9.24. The molecule has 15 nitrogen and oxygen atoms in total. The van der Waals surface area contributed by atoms with Crippen molar-refractivity contribution in [2.24, 2.45) is 5.10 Å². The smallest absolute Gasteiger partial charge is 0.280 e. The van der Waals surface area contributed by atoms with Crippen molar-refractivity contribution in [2.45, 2.75) is 24.5 Å². The number of hydrogen-bond acceptors (Lipinski definition) is 12. The van der Waals surface area contributed by atoms with E-state index in [2.05, 4.69) is 25.5 Å². The van der Waals surface area contributed by atoms with E-state index in [1.165, 1.54) is 29.0 Å². The number of nitro benzene ring substituents is 1. The van der Waals surface area contributed by atoms with Crippen LogP contribution in [0.5, 0.6) is 0 Å². The Bertz CT molecular complexity index is 1260. The average molecular weight is 446 g/mol. The van der Waals surface area contributed by atoms with Crippen molar-refractivity contribution < 1.29 is 25.0 Å². The van der Waals surface area contributed by atoms with Gasteiger partial charge in [-0.3, -0.25) is 24.5 Å². The number of non-ortho nitro benzene ring substituents is 1. The monoisotopic (exact) mass is 446 g/mol. The number of ether oxygens (including phenoxy) is 1. The molecule has 0 spiro atoms. The van der Waals surface area contributed by atoms with E-state index in [9.17, 15) is 30.2 Å². The molecule has 0 radical (unpaired) electrons. The van der Waals surface area contributed by atoms with Gasteiger partial charge in [0.15, 0.2) is 17.4 Å². The van der Waals surface area contributed by atoms with Gasteiger partial charge in [0.25, 0.3) is 11.2 Å². The first-order chi connectivity index (χ1) is 15.3. The number of nitrogens with zero attached hydrogens (tertiary/aromatic N) is 5. The van der Waals surface area contributed by atoms with E-state index in [-0.39, 0.29) is 28.7 Å². The zero-order valence-corrected chi connectivity index (χ0v) is 16.2. The first-order valence-corrected chi connectivity index (χ1v) is 9.24. The molecule has 1 fully saturated rings. The number of nitrogens with two attached hydrogens (primary N) is 1. The normalized spacial score (nSPS) is 23.2. The molecule has 3 heterocycles. The summed E-state index contributed by atoms with van der Waals surface area (Å²) in [5, 5.41) is 44.8. The fourth-order valence-electron chi connectivity index (χ4n) is 3.30. The molecule has 2 aromatic heterocycles. The molecule has 1 saturated heterocycles. The molecule has 1 aromatic carbocycles. The molecule has 32 heavy (non-hydrogen) atoms. The molecule has 0 saturated carbocycles. The minimum absolute atomic E-state index is 0.0610. The third kappa shape index (κ3) is 3.76. The summed E-state index contributed by atoms with van der Waals surface area (Å²) in [6.07, 6.45) is -4.00. The van der Waals surface area contributed by atoms with Gasteiger partial charge < -0.3 is 25.8 Å². The predicted octanol–water partition coefficient (Wildman–Crippen LogP) is -1.33. The number of aliphatic hydroxyl groups is 3. The molecule has 15 heteroatoms. The second-order valence-electron chi connectivity index (χ2n) is 6.88. The van der Waals surface area contributed by atoms with Crippen LogP contribution in [0.4, 0.5) is 17.6 Å². The number of nitrogen functional groups attached to an aromatic ring is 1. The van der Waals surface area contributed by atoms with E-state index in [1.807, 2.05) is 0 Å². The largest absolute Gasteiger partial charge is 0.394 e. The number of aliphatic hydroxyl groups excluding tert-OH is 3. The summed E-state index contributed by atoms with van der Waals surface area (Å²) >= 11 is 0. The van der Waals surface area contributed by atoms with Crippen LogP contribution in [0.3, 0.4) is 0 Å². The van der Waals surface area contributed by atoms with Gasteiger partial charge in [0.2, 0.25) is 11.9 Å². The number of anilines is 2. The number of nitro groups is 1. The maximum Gasteiger partial charge on any atom is 0.280 e. The second kappa shape index (κ2) is 8.31. The third-order valence-electron chi connectivity index (χ3n) is 4.80. The van der Waals surface area contributed by atoms with E-state index >= 15 is 0 Å².